The molecule has 27 heavy (non-hydrogen) atoms. The molecule has 1 aliphatic rings. The molecule has 2 N–H and O–H groups in total. The van der Waals surface area contributed by atoms with Crippen molar-refractivity contribution < 1.29 is 19.5 Å². The predicted molar refractivity (Wildman–Crippen MR) is 103 cm³/mol. The number of carbonyl (C=O) groups is 3. The topological polar surface area (TPSA) is 90.0 Å². The monoisotopic (exact) mass is 387 g/mol. The highest BCUT2D eigenvalue weighted by atomic mass is 35.5. The van der Waals surface area contributed by atoms with Gasteiger partial charge in [0.25, 0.3) is 5.91 Å². The third kappa shape index (κ3) is 4.03. The van der Waals surface area contributed by atoms with Crippen molar-refractivity contribution in [3.8, 4) is 0 Å². The number of benzene rings is 2. The number of carboxylic acid groups (broad SMARTS) is 1. The highest BCUT2D eigenvalue weighted by Crippen LogP contribution is 2.29. The van der Waals surface area contributed by atoms with Crippen molar-refractivity contribution in [1.82, 2.24) is 5.32 Å². The minimum atomic E-state index is -0.938. The summed E-state index contributed by atoms with van der Waals surface area (Å²) >= 11 is 6.21. The average molecular weight is 388 g/mol. The number of anilines is 2. The molecule has 1 fully saturated rings. The van der Waals surface area contributed by atoms with Gasteiger partial charge in [0.2, 0.25) is 0 Å². The van der Waals surface area contributed by atoms with E-state index < -0.39 is 5.97 Å². The standard InChI is InChI=1S/C19H18ClN3O4/c1-22(14-4-2-3-12(9-14)10-17(24)25)18(26)13-5-6-15(20)16(11-13)23-8-7-21-19(23)27/h2-6,9,11H,7-8,10H2,1H3,(H,21,27)(H,24,25). The summed E-state index contributed by atoms with van der Waals surface area (Å²) in [7, 11) is 1.61. The Kier molecular flexibility index (Phi) is 5.32. The van der Waals surface area contributed by atoms with Gasteiger partial charge in [-0.25, -0.2) is 4.79 Å². The van der Waals surface area contributed by atoms with Crippen LogP contribution >= 0.6 is 11.6 Å². The lowest BCUT2D eigenvalue weighted by atomic mass is 10.1. The maximum Gasteiger partial charge on any atom is 0.322 e. The summed E-state index contributed by atoms with van der Waals surface area (Å²) in [5, 5.41) is 12.0. The fourth-order valence-electron chi connectivity index (χ4n) is 2.91. The van der Waals surface area contributed by atoms with Crippen molar-refractivity contribution in [3.63, 3.8) is 0 Å². The van der Waals surface area contributed by atoms with Gasteiger partial charge in [-0.3, -0.25) is 14.5 Å². The van der Waals surface area contributed by atoms with E-state index in [1.54, 1.807) is 49.5 Å². The van der Waals surface area contributed by atoms with E-state index >= 15 is 0 Å². The quantitative estimate of drug-likeness (QED) is 0.825. The van der Waals surface area contributed by atoms with Crippen LogP contribution in [0.15, 0.2) is 42.5 Å². The first kappa shape index (κ1) is 18.7. The molecule has 0 spiro atoms. The number of rotatable bonds is 5. The largest absolute Gasteiger partial charge is 0.481 e. The molecule has 0 atom stereocenters. The van der Waals surface area contributed by atoms with Gasteiger partial charge in [0.05, 0.1) is 17.1 Å². The number of amides is 3. The number of nitrogens with zero attached hydrogens (tertiary/aromatic N) is 2. The lowest BCUT2D eigenvalue weighted by molar-refractivity contribution is -0.136. The van der Waals surface area contributed by atoms with Crippen LogP contribution < -0.4 is 15.1 Å². The summed E-state index contributed by atoms with van der Waals surface area (Å²) in [4.78, 5) is 38.6. The number of halogens is 1. The lowest BCUT2D eigenvalue weighted by Gasteiger charge is -2.20. The molecule has 3 rings (SSSR count). The number of aliphatic carboxylic acids is 1. The van der Waals surface area contributed by atoms with E-state index in [4.69, 9.17) is 16.7 Å². The molecule has 2 aromatic rings. The van der Waals surface area contributed by atoms with Gasteiger partial charge in [-0.2, -0.15) is 0 Å². The van der Waals surface area contributed by atoms with E-state index in [1.165, 1.54) is 9.80 Å². The van der Waals surface area contributed by atoms with Crippen LogP contribution in [0.3, 0.4) is 0 Å². The number of hydrogen-bond donors (Lipinski definition) is 2. The summed E-state index contributed by atoms with van der Waals surface area (Å²) in [6.07, 6.45) is -0.120. The van der Waals surface area contributed by atoms with E-state index in [9.17, 15) is 14.4 Å². The normalized spacial score (nSPS) is 13.4. The molecule has 3 amide bonds. The second-order valence-electron chi connectivity index (χ2n) is 6.15. The molecule has 1 heterocycles. The van der Waals surface area contributed by atoms with E-state index in [0.29, 0.717) is 40.6 Å². The van der Waals surface area contributed by atoms with Crippen molar-refractivity contribution in [1.29, 1.82) is 0 Å². The van der Waals surface area contributed by atoms with Gasteiger partial charge in [-0.1, -0.05) is 23.7 Å². The molecular weight excluding hydrogens is 370 g/mol. The molecule has 0 aliphatic carbocycles. The fourth-order valence-corrected chi connectivity index (χ4v) is 3.13. The highest BCUT2D eigenvalue weighted by molar-refractivity contribution is 6.34. The molecule has 1 aliphatic heterocycles. The summed E-state index contributed by atoms with van der Waals surface area (Å²) in [6.45, 7) is 0.993. The fraction of sp³-hybridized carbons (Fsp3) is 0.211. The average Bonchev–Trinajstić information content (AvgIpc) is 3.06. The van der Waals surface area contributed by atoms with Crippen LogP contribution in [0, 0.1) is 0 Å². The maximum absolute atomic E-state index is 12.9. The van der Waals surface area contributed by atoms with Gasteiger partial charge in [0.1, 0.15) is 0 Å². The van der Waals surface area contributed by atoms with Gasteiger partial charge in [-0.15, -0.1) is 0 Å². The SMILES string of the molecule is CN(C(=O)c1ccc(Cl)c(N2CCNC2=O)c1)c1cccc(CC(=O)O)c1. The molecule has 140 valence electrons. The van der Waals surface area contributed by atoms with Crippen molar-refractivity contribution in [2.45, 2.75) is 6.42 Å². The van der Waals surface area contributed by atoms with Crippen LogP contribution in [-0.2, 0) is 11.2 Å². The molecule has 0 aromatic heterocycles. The molecule has 8 heteroatoms. The summed E-state index contributed by atoms with van der Waals surface area (Å²) in [5.74, 6) is -1.23. The van der Waals surface area contributed by atoms with Crippen LogP contribution in [0.1, 0.15) is 15.9 Å². The second-order valence-corrected chi connectivity index (χ2v) is 6.56. The van der Waals surface area contributed by atoms with Crippen LogP contribution in [0.4, 0.5) is 16.2 Å². The molecule has 7 nitrogen and oxygen atoms in total. The Morgan fingerprint density at radius 3 is 2.70 bits per heavy atom. The van der Waals surface area contributed by atoms with Crippen molar-refractivity contribution >= 4 is 40.9 Å². The minimum Gasteiger partial charge on any atom is -0.481 e. The first-order chi connectivity index (χ1) is 12.9. The van der Waals surface area contributed by atoms with Crippen LogP contribution in [0.2, 0.25) is 5.02 Å². The zero-order valence-corrected chi connectivity index (χ0v) is 15.4. The van der Waals surface area contributed by atoms with Crippen molar-refractivity contribution in [3.05, 3.63) is 58.6 Å². The number of carbonyl (C=O) groups excluding carboxylic acids is 2. The van der Waals surface area contributed by atoms with E-state index in [1.807, 2.05) is 0 Å². The molecule has 1 saturated heterocycles. The number of nitrogens with one attached hydrogen (secondary N) is 1. The lowest BCUT2D eigenvalue weighted by Crippen LogP contribution is -2.29. The minimum absolute atomic E-state index is 0.120. The zero-order chi connectivity index (χ0) is 19.6. The van der Waals surface area contributed by atoms with Gasteiger partial charge in [0.15, 0.2) is 0 Å². The molecule has 0 saturated carbocycles. The third-order valence-corrected chi connectivity index (χ3v) is 4.62. The second kappa shape index (κ2) is 7.67. The first-order valence-corrected chi connectivity index (χ1v) is 8.68. The molecule has 2 aromatic carbocycles. The summed E-state index contributed by atoms with van der Waals surface area (Å²) in [5.41, 5.74) is 2.03. The van der Waals surface area contributed by atoms with Crippen molar-refractivity contribution in [2.75, 3.05) is 29.9 Å². The number of carboxylic acids is 1. The summed E-state index contributed by atoms with van der Waals surface area (Å²) < 4.78 is 0. The Morgan fingerprint density at radius 1 is 1.26 bits per heavy atom. The highest BCUT2D eigenvalue weighted by Gasteiger charge is 2.25. The Balaban J connectivity index is 1.87. The van der Waals surface area contributed by atoms with E-state index in [-0.39, 0.29) is 18.4 Å². The number of hydrogen-bond acceptors (Lipinski definition) is 3. The van der Waals surface area contributed by atoms with Crippen molar-refractivity contribution in [2.24, 2.45) is 0 Å². The Labute approximate surface area is 161 Å². The molecule has 0 radical (unpaired) electrons. The van der Waals surface area contributed by atoms with Crippen LogP contribution in [0.5, 0.6) is 0 Å². The third-order valence-electron chi connectivity index (χ3n) is 4.30. The van der Waals surface area contributed by atoms with Gasteiger partial charge in [0, 0.05) is 31.4 Å². The van der Waals surface area contributed by atoms with Gasteiger partial charge < -0.3 is 15.3 Å². The smallest absolute Gasteiger partial charge is 0.322 e. The van der Waals surface area contributed by atoms with Gasteiger partial charge in [-0.05, 0) is 35.9 Å². The first-order valence-electron chi connectivity index (χ1n) is 8.30. The maximum atomic E-state index is 12.9. The Bertz CT molecular complexity index is 916. The van der Waals surface area contributed by atoms with Crippen LogP contribution in [0.25, 0.3) is 0 Å². The van der Waals surface area contributed by atoms with E-state index in [0.717, 1.165) is 0 Å². The molecule has 0 unspecified atom stereocenters. The summed E-state index contributed by atoms with van der Waals surface area (Å²) in [6, 6.07) is 11.3. The Morgan fingerprint density at radius 2 is 2.04 bits per heavy atom. The molecular formula is C19H18ClN3O4. The van der Waals surface area contributed by atoms with Crippen LogP contribution in [-0.4, -0.2) is 43.2 Å². The predicted octanol–water partition coefficient (Wildman–Crippen LogP) is 2.77. The molecule has 0 bridgehead atoms. The van der Waals surface area contributed by atoms with Gasteiger partial charge >= 0.3 is 12.0 Å². The number of urea groups is 1. The van der Waals surface area contributed by atoms with E-state index in [2.05, 4.69) is 5.32 Å². The zero-order valence-electron chi connectivity index (χ0n) is 14.6. The Hall–Kier alpha value is -3.06.